The molecule has 1 heterocycles. The highest BCUT2D eigenvalue weighted by molar-refractivity contribution is 7.99. The Balaban J connectivity index is 2.44. The first-order chi connectivity index (χ1) is 8.48. The predicted molar refractivity (Wildman–Crippen MR) is 72.5 cm³/mol. The minimum Gasteiger partial charge on any atom is -0.440 e. The van der Waals surface area contributed by atoms with E-state index >= 15 is 0 Å². The zero-order valence-electron chi connectivity index (χ0n) is 11.2. The van der Waals surface area contributed by atoms with Gasteiger partial charge in [-0.15, -0.1) is 0 Å². The fourth-order valence-electron chi connectivity index (χ4n) is 1.44. The third kappa shape index (κ3) is 4.34. The number of aryl methyl sites for hydroxylation is 1. The van der Waals surface area contributed by atoms with Gasteiger partial charge in [0.25, 0.3) is 5.22 Å². The van der Waals surface area contributed by atoms with Crippen molar-refractivity contribution in [3.05, 3.63) is 12.0 Å². The van der Waals surface area contributed by atoms with Gasteiger partial charge in [-0.2, -0.15) is 0 Å². The van der Waals surface area contributed by atoms with E-state index in [4.69, 9.17) is 10.2 Å². The van der Waals surface area contributed by atoms with Crippen molar-refractivity contribution < 1.29 is 9.21 Å². The van der Waals surface area contributed by atoms with E-state index in [2.05, 4.69) is 17.2 Å². The number of amides is 1. The molecule has 1 amide bonds. The summed E-state index contributed by atoms with van der Waals surface area (Å²) >= 11 is 1.49. The summed E-state index contributed by atoms with van der Waals surface area (Å²) in [7, 11) is 0. The van der Waals surface area contributed by atoms with Gasteiger partial charge in [0.05, 0.1) is 11.2 Å². The van der Waals surface area contributed by atoms with Crippen molar-refractivity contribution in [2.24, 2.45) is 5.73 Å². The second-order valence-corrected chi connectivity index (χ2v) is 5.52. The maximum absolute atomic E-state index is 11.5. The zero-order chi connectivity index (χ0) is 13.6. The molecule has 0 aliphatic rings. The highest BCUT2D eigenvalue weighted by Crippen LogP contribution is 2.21. The SMILES string of the molecule is CCCNC(C)(CCSc1nc(C)co1)C(N)=O. The maximum Gasteiger partial charge on any atom is 0.255 e. The summed E-state index contributed by atoms with van der Waals surface area (Å²) in [5, 5.41) is 3.83. The first kappa shape index (κ1) is 15.0. The van der Waals surface area contributed by atoms with E-state index in [9.17, 15) is 4.79 Å². The van der Waals surface area contributed by atoms with Gasteiger partial charge >= 0.3 is 0 Å². The molecule has 0 fully saturated rings. The fourth-order valence-corrected chi connectivity index (χ4v) is 2.45. The molecule has 0 saturated carbocycles. The molecule has 18 heavy (non-hydrogen) atoms. The van der Waals surface area contributed by atoms with E-state index in [1.165, 1.54) is 11.8 Å². The van der Waals surface area contributed by atoms with Crippen molar-refractivity contribution in [3.63, 3.8) is 0 Å². The van der Waals surface area contributed by atoms with Crippen molar-refractivity contribution in [2.45, 2.75) is 44.4 Å². The van der Waals surface area contributed by atoms with Crippen molar-refractivity contribution in [2.75, 3.05) is 12.3 Å². The first-order valence-corrected chi connectivity index (χ1v) is 7.06. The molecule has 102 valence electrons. The molecule has 0 bridgehead atoms. The monoisotopic (exact) mass is 271 g/mol. The second-order valence-electron chi connectivity index (χ2n) is 4.48. The van der Waals surface area contributed by atoms with Crippen LogP contribution in [-0.4, -0.2) is 28.7 Å². The number of nitrogens with one attached hydrogen (secondary N) is 1. The number of primary amides is 1. The summed E-state index contributed by atoms with van der Waals surface area (Å²) in [6, 6.07) is 0. The van der Waals surface area contributed by atoms with E-state index in [-0.39, 0.29) is 5.91 Å². The van der Waals surface area contributed by atoms with E-state index in [1.807, 2.05) is 13.8 Å². The smallest absolute Gasteiger partial charge is 0.255 e. The number of nitrogens with two attached hydrogens (primary N) is 1. The van der Waals surface area contributed by atoms with Gasteiger partial charge in [-0.25, -0.2) is 4.98 Å². The average molecular weight is 271 g/mol. The summed E-state index contributed by atoms with van der Waals surface area (Å²) in [5.74, 6) is 0.413. The van der Waals surface area contributed by atoms with Gasteiger partial charge in [-0.05, 0) is 33.2 Å². The van der Waals surface area contributed by atoms with E-state index in [1.54, 1.807) is 6.26 Å². The van der Waals surface area contributed by atoms with Crippen LogP contribution in [0.15, 0.2) is 15.9 Å². The molecule has 1 rings (SSSR count). The van der Waals surface area contributed by atoms with Gasteiger partial charge in [0, 0.05) is 5.75 Å². The number of rotatable bonds is 8. The molecule has 0 aromatic carbocycles. The molecule has 6 heteroatoms. The van der Waals surface area contributed by atoms with Gasteiger partial charge in [0.1, 0.15) is 6.26 Å². The molecule has 0 saturated heterocycles. The highest BCUT2D eigenvalue weighted by atomic mass is 32.2. The molecular weight excluding hydrogens is 250 g/mol. The number of carbonyl (C=O) groups is 1. The Labute approximate surface area is 112 Å². The van der Waals surface area contributed by atoms with Crippen LogP contribution in [0, 0.1) is 6.92 Å². The van der Waals surface area contributed by atoms with Crippen LogP contribution in [0.3, 0.4) is 0 Å². The Morgan fingerprint density at radius 1 is 1.67 bits per heavy atom. The molecular formula is C12H21N3O2S. The number of oxazole rings is 1. The van der Waals surface area contributed by atoms with Gasteiger partial charge in [0.15, 0.2) is 0 Å². The van der Waals surface area contributed by atoms with Crippen LogP contribution in [0.1, 0.15) is 32.4 Å². The summed E-state index contributed by atoms with van der Waals surface area (Å²) in [5.41, 5.74) is 5.64. The Bertz CT molecular complexity index is 394. The minimum absolute atomic E-state index is 0.319. The second kappa shape index (κ2) is 6.80. The summed E-state index contributed by atoms with van der Waals surface area (Å²) in [6.45, 7) is 6.55. The van der Waals surface area contributed by atoms with E-state index in [0.29, 0.717) is 11.6 Å². The molecule has 0 spiro atoms. The minimum atomic E-state index is -0.662. The molecule has 0 aliphatic carbocycles. The summed E-state index contributed by atoms with van der Waals surface area (Å²) in [6.07, 6.45) is 3.23. The topological polar surface area (TPSA) is 81.2 Å². The molecule has 0 radical (unpaired) electrons. The Morgan fingerprint density at radius 3 is 2.89 bits per heavy atom. The number of carbonyl (C=O) groups excluding carboxylic acids is 1. The van der Waals surface area contributed by atoms with Crippen molar-refractivity contribution in [1.82, 2.24) is 10.3 Å². The third-order valence-electron chi connectivity index (χ3n) is 2.73. The largest absolute Gasteiger partial charge is 0.440 e. The fraction of sp³-hybridized carbons (Fsp3) is 0.667. The van der Waals surface area contributed by atoms with Gasteiger partial charge in [-0.3, -0.25) is 4.79 Å². The molecule has 1 aromatic heterocycles. The van der Waals surface area contributed by atoms with Gasteiger partial charge in [0.2, 0.25) is 5.91 Å². The third-order valence-corrected chi connectivity index (χ3v) is 3.58. The lowest BCUT2D eigenvalue weighted by molar-refractivity contribution is -0.123. The lowest BCUT2D eigenvalue weighted by Gasteiger charge is -2.27. The van der Waals surface area contributed by atoms with E-state index < -0.39 is 5.54 Å². The predicted octanol–water partition coefficient (Wildman–Crippen LogP) is 1.71. The molecule has 1 aromatic rings. The van der Waals surface area contributed by atoms with Gasteiger partial charge in [-0.1, -0.05) is 18.7 Å². The van der Waals surface area contributed by atoms with Crippen LogP contribution in [0.5, 0.6) is 0 Å². The first-order valence-electron chi connectivity index (χ1n) is 6.08. The maximum atomic E-state index is 11.5. The van der Waals surface area contributed by atoms with Crippen molar-refractivity contribution in [3.8, 4) is 0 Å². The average Bonchev–Trinajstić information content (AvgIpc) is 2.72. The molecule has 0 aliphatic heterocycles. The molecule has 1 atom stereocenters. The van der Waals surface area contributed by atoms with Crippen LogP contribution in [-0.2, 0) is 4.79 Å². The van der Waals surface area contributed by atoms with Crippen LogP contribution in [0.2, 0.25) is 0 Å². The normalized spacial score (nSPS) is 14.4. The number of nitrogens with zero attached hydrogens (tertiary/aromatic N) is 1. The Morgan fingerprint density at radius 2 is 2.39 bits per heavy atom. The van der Waals surface area contributed by atoms with E-state index in [0.717, 1.165) is 24.4 Å². The highest BCUT2D eigenvalue weighted by Gasteiger charge is 2.29. The number of thioether (sulfide) groups is 1. The number of hydrogen-bond donors (Lipinski definition) is 2. The molecule has 3 N–H and O–H groups in total. The Kier molecular flexibility index (Phi) is 5.68. The van der Waals surface area contributed by atoms with Crippen LogP contribution in [0.25, 0.3) is 0 Å². The Hall–Kier alpha value is -1.01. The lowest BCUT2D eigenvalue weighted by Crippen LogP contribution is -2.53. The van der Waals surface area contributed by atoms with Crippen LogP contribution >= 0.6 is 11.8 Å². The van der Waals surface area contributed by atoms with Crippen LogP contribution in [0.4, 0.5) is 0 Å². The van der Waals surface area contributed by atoms with Crippen molar-refractivity contribution >= 4 is 17.7 Å². The molecule has 1 unspecified atom stereocenters. The number of hydrogen-bond acceptors (Lipinski definition) is 5. The lowest BCUT2D eigenvalue weighted by atomic mass is 9.98. The summed E-state index contributed by atoms with van der Waals surface area (Å²) < 4.78 is 5.24. The standard InChI is InChI=1S/C12H21N3O2S/c1-4-6-14-12(3,10(13)16)5-7-18-11-15-9(2)8-17-11/h8,14H,4-7H2,1-3H3,(H2,13,16). The zero-order valence-corrected chi connectivity index (χ0v) is 12.0. The summed E-state index contributed by atoms with van der Waals surface area (Å²) in [4.78, 5) is 15.7. The molecule has 5 nitrogen and oxygen atoms in total. The van der Waals surface area contributed by atoms with Crippen LogP contribution < -0.4 is 11.1 Å². The van der Waals surface area contributed by atoms with Crippen molar-refractivity contribution in [1.29, 1.82) is 0 Å². The number of aromatic nitrogens is 1. The van der Waals surface area contributed by atoms with Gasteiger partial charge < -0.3 is 15.5 Å². The quantitative estimate of drug-likeness (QED) is 0.703.